The number of rotatable bonds is 7. The van der Waals surface area contributed by atoms with Gasteiger partial charge in [-0.25, -0.2) is 6.57 Å². The van der Waals surface area contributed by atoms with Crippen LogP contribution in [-0.4, -0.2) is 49.7 Å². The predicted octanol–water partition coefficient (Wildman–Crippen LogP) is 5.25. The Balaban J connectivity index is 1.24. The Morgan fingerprint density at radius 3 is 2.41 bits per heavy atom. The summed E-state index contributed by atoms with van der Waals surface area (Å²) in [5, 5.41) is 9.02. The number of esters is 1. The van der Waals surface area contributed by atoms with Crippen molar-refractivity contribution in [2.75, 3.05) is 37.6 Å². The maximum absolute atomic E-state index is 11.9. The second kappa shape index (κ2) is 11.0. The van der Waals surface area contributed by atoms with Crippen molar-refractivity contribution < 1.29 is 9.53 Å². The number of ether oxygens (including phenoxy) is 1. The fourth-order valence-corrected chi connectivity index (χ4v) is 7.04. The van der Waals surface area contributed by atoms with Crippen molar-refractivity contribution in [1.29, 1.82) is 5.26 Å². The summed E-state index contributed by atoms with van der Waals surface area (Å²) >= 11 is 0. The number of piperidine rings is 1. The van der Waals surface area contributed by atoms with Gasteiger partial charge in [-0.15, -0.1) is 0 Å². The first-order valence-corrected chi connectivity index (χ1v) is 13.6. The van der Waals surface area contributed by atoms with E-state index in [1.165, 1.54) is 12.6 Å². The number of carbonyl (C=O) groups excluding carboxylic acids is 1. The van der Waals surface area contributed by atoms with Crippen LogP contribution in [-0.2, 0) is 15.1 Å². The quantitative estimate of drug-likeness (QED) is 0.387. The maximum atomic E-state index is 11.9. The molecule has 0 bridgehead atoms. The summed E-state index contributed by atoms with van der Waals surface area (Å²) in [6, 6.07) is 20.4. The zero-order valence-corrected chi connectivity index (χ0v) is 21.7. The SMILES string of the molecule is [C-]#[N+][C@](c1ccccc1)(C1CCN(CC2CN(c3ccc(C#N)cc3)C2)CC1)[C@H]1CCC[C@@H]1OC(C)=O. The topological polar surface area (TPSA) is 60.9 Å². The highest BCUT2D eigenvalue weighted by molar-refractivity contribution is 5.66. The van der Waals surface area contributed by atoms with Crippen LogP contribution in [0.3, 0.4) is 0 Å². The lowest BCUT2D eigenvalue weighted by atomic mass is 9.65. The lowest BCUT2D eigenvalue weighted by Crippen LogP contribution is -2.54. The number of nitriles is 1. The molecule has 5 rings (SSSR count). The molecule has 0 N–H and O–H groups in total. The first-order valence-electron chi connectivity index (χ1n) is 13.6. The molecule has 6 nitrogen and oxygen atoms in total. The molecule has 2 aromatic rings. The zero-order valence-electron chi connectivity index (χ0n) is 21.7. The molecule has 1 aliphatic carbocycles. The van der Waals surface area contributed by atoms with Gasteiger partial charge in [0.25, 0.3) is 5.54 Å². The van der Waals surface area contributed by atoms with Crippen molar-refractivity contribution in [2.45, 2.75) is 50.7 Å². The minimum Gasteiger partial charge on any atom is -0.462 e. The lowest BCUT2D eigenvalue weighted by molar-refractivity contribution is -0.149. The van der Waals surface area contributed by atoms with Gasteiger partial charge in [-0.3, -0.25) is 4.79 Å². The molecule has 1 saturated carbocycles. The zero-order chi connectivity index (χ0) is 25.8. The summed E-state index contributed by atoms with van der Waals surface area (Å²) in [6.45, 7) is 15.2. The molecule has 2 saturated heterocycles. The smallest absolute Gasteiger partial charge is 0.302 e. The summed E-state index contributed by atoms with van der Waals surface area (Å²) in [5.41, 5.74) is 2.33. The van der Waals surface area contributed by atoms with E-state index in [0.29, 0.717) is 11.5 Å². The standard InChI is InChI=1S/C31H36N4O2/c1-23(36)37-30-10-6-9-29(30)31(33-2,26-7-4-3-5-8-26)27-15-17-34(18-16-27)20-25-21-35(22-25)28-13-11-24(19-32)12-14-28/h3-5,7-8,11-14,25,27,29-30H,6,9-10,15-18,20-22H2,1H3/t29-,30-,31+/m0/s1. The molecule has 6 heteroatoms. The van der Waals surface area contributed by atoms with Crippen molar-refractivity contribution in [1.82, 2.24) is 4.90 Å². The average molecular weight is 497 g/mol. The van der Waals surface area contributed by atoms with Crippen molar-refractivity contribution in [3.8, 4) is 6.07 Å². The van der Waals surface area contributed by atoms with E-state index in [9.17, 15) is 4.79 Å². The van der Waals surface area contributed by atoms with Crippen molar-refractivity contribution >= 4 is 11.7 Å². The molecule has 2 heterocycles. The van der Waals surface area contributed by atoms with E-state index in [-0.39, 0.29) is 23.9 Å². The molecule has 3 atom stereocenters. The van der Waals surface area contributed by atoms with Gasteiger partial charge in [0.1, 0.15) is 6.10 Å². The Bertz CT molecular complexity index is 1150. The fourth-order valence-electron chi connectivity index (χ4n) is 7.04. The van der Waals surface area contributed by atoms with Crippen LogP contribution in [0, 0.1) is 35.7 Å². The molecule has 192 valence electrons. The van der Waals surface area contributed by atoms with Crippen molar-refractivity contribution in [2.24, 2.45) is 17.8 Å². The van der Waals surface area contributed by atoms with E-state index in [2.05, 4.69) is 32.8 Å². The number of hydrogen-bond donors (Lipinski definition) is 0. The summed E-state index contributed by atoms with van der Waals surface area (Å²) in [5.74, 6) is 0.700. The van der Waals surface area contributed by atoms with E-state index in [1.807, 2.05) is 42.5 Å². The molecule has 0 unspecified atom stereocenters. The van der Waals surface area contributed by atoms with E-state index in [4.69, 9.17) is 16.6 Å². The Labute approximate surface area is 220 Å². The third-order valence-electron chi connectivity index (χ3n) is 8.80. The van der Waals surface area contributed by atoms with E-state index < -0.39 is 5.54 Å². The first-order chi connectivity index (χ1) is 18.0. The Morgan fingerprint density at radius 1 is 1.08 bits per heavy atom. The first kappa shape index (κ1) is 25.3. The monoisotopic (exact) mass is 496 g/mol. The van der Waals surface area contributed by atoms with Gasteiger partial charge in [-0.05, 0) is 69.5 Å². The third-order valence-corrected chi connectivity index (χ3v) is 8.80. The molecule has 0 amide bonds. The normalized spacial score (nSPS) is 24.5. The van der Waals surface area contributed by atoms with E-state index >= 15 is 0 Å². The van der Waals surface area contributed by atoms with Gasteiger partial charge in [0, 0.05) is 49.6 Å². The molecule has 0 aromatic heterocycles. The van der Waals surface area contributed by atoms with Crippen LogP contribution in [0.4, 0.5) is 5.69 Å². The summed E-state index contributed by atoms with van der Waals surface area (Å²) in [6.07, 6.45) is 4.60. The van der Waals surface area contributed by atoms with Gasteiger partial charge in [0.15, 0.2) is 0 Å². The van der Waals surface area contributed by atoms with Crippen LogP contribution >= 0.6 is 0 Å². The minimum atomic E-state index is -0.646. The Kier molecular flexibility index (Phi) is 7.49. The number of nitrogens with zero attached hydrogens (tertiary/aromatic N) is 4. The van der Waals surface area contributed by atoms with Crippen LogP contribution in [0.25, 0.3) is 4.85 Å². The van der Waals surface area contributed by atoms with Crippen LogP contribution in [0.1, 0.15) is 50.2 Å². The fraction of sp³-hybridized carbons (Fsp3) is 0.516. The van der Waals surface area contributed by atoms with Crippen molar-refractivity contribution in [3.63, 3.8) is 0 Å². The molecule has 3 fully saturated rings. The highest BCUT2D eigenvalue weighted by Crippen LogP contribution is 2.52. The van der Waals surface area contributed by atoms with Gasteiger partial charge < -0.3 is 19.4 Å². The molecular formula is C31H36N4O2. The number of benzene rings is 2. The number of carbonyl (C=O) groups is 1. The summed E-state index contributed by atoms with van der Waals surface area (Å²) in [4.78, 5) is 21.3. The largest absolute Gasteiger partial charge is 0.462 e. The van der Waals surface area contributed by atoms with Crippen molar-refractivity contribution in [3.05, 3.63) is 77.1 Å². The molecule has 2 aliphatic heterocycles. The highest BCUT2D eigenvalue weighted by Gasteiger charge is 2.58. The van der Waals surface area contributed by atoms with Gasteiger partial charge in [0.05, 0.1) is 17.6 Å². The number of hydrogen-bond acceptors (Lipinski definition) is 5. The highest BCUT2D eigenvalue weighted by atomic mass is 16.5. The predicted molar refractivity (Wildman–Crippen MR) is 144 cm³/mol. The van der Waals surface area contributed by atoms with Gasteiger partial charge in [-0.1, -0.05) is 30.3 Å². The molecule has 0 radical (unpaired) electrons. The van der Waals surface area contributed by atoms with Crippen LogP contribution in [0.2, 0.25) is 0 Å². The van der Waals surface area contributed by atoms with Gasteiger partial charge in [-0.2, -0.15) is 5.26 Å². The number of likely N-dealkylation sites (tertiary alicyclic amines) is 1. The van der Waals surface area contributed by atoms with Crippen LogP contribution < -0.4 is 4.90 Å². The van der Waals surface area contributed by atoms with E-state index in [0.717, 1.165) is 70.4 Å². The Hall–Kier alpha value is -3.35. The minimum absolute atomic E-state index is 0.0421. The molecule has 3 aliphatic rings. The molecule has 2 aromatic carbocycles. The van der Waals surface area contributed by atoms with E-state index in [1.54, 1.807) is 0 Å². The molecule has 37 heavy (non-hydrogen) atoms. The average Bonchev–Trinajstić information content (AvgIpc) is 3.36. The second-order valence-electron chi connectivity index (χ2n) is 11.0. The van der Waals surface area contributed by atoms with Crippen LogP contribution in [0.5, 0.6) is 0 Å². The maximum Gasteiger partial charge on any atom is 0.302 e. The molecular weight excluding hydrogens is 460 g/mol. The van der Waals surface area contributed by atoms with Gasteiger partial charge in [0.2, 0.25) is 0 Å². The summed E-state index contributed by atoms with van der Waals surface area (Å²) < 4.78 is 5.79. The lowest BCUT2D eigenvalue weighted by Gasteiger charge is -2.46. The van der Waals surface area contributed by atoms with Crippen LogP contribution in [0.15, 0.2) is 54.6 Å². The number of anilines is 1. The second-order valence-corrected chi connectivity index (χ2v) is 11.0. The third kappa shape index (κ3) is 5.09. The van der Waals surface area contributed by atoms with Gasteiger partial charge >= 0.3 is 5.97 Å². The summed E-state index contributed by atoms with van der Waals surface area (Å²) in [7, 11) is 0. The Morgan fingerprint density at radius 2 is 1.78 bits per heavy atom. The molecule has 0 spiro atoms.